The minimum atomic E-state index is 0.0544. The molecule has 0 fully saturated rings. The smallest absolute Gasteiger partial charge is 0.227 e. The van der Waals surface area contributed by atoms with E-state index in [9.17, 15) is 4.79 Å². The molecule has 1 amide bonds. The molecule has 0 saturated carbocycles. The average molecular weight is 257 g/mol. The van der Waals surface area contributed by atoms with Gasteiger partial charge < -0.3 is 10.0 Å². The monoisotopic (exact) mass is 257 g/mol. The van der Waals surface area contributed by atoms with Crippen molar-refractivity contribution in [2.75, 3.05) is 18.1 Å². The molecule has 3 nitrogen and oxygen atoms in total. The van der Waals surface area contributed by atoms with E-state index < -0.39 is 0 Å². The first kappa shape index (κ1) is 13.6. The predicted octanol–water partition coefficient (Wildman–Crippen LogP) is 2.97. The van der Waals surface area contributed by atoms with Crippen LogP contribution in [0.1, 0.15) is 19.8 Å². The summed E-state index contributed by atoms with van der Waals surface area (Å²) in [6.45, 7) is 2.66. The van der Waals surface area contributed by atoms with E-state index in [1.807, 2.05) is 49.4 Å². The molecule has 0 spiro atoms. The van der Waals surface area contributed by atoms with E-state index in [1.165, 1.54) is 0 Å². The summed E-state index contributed by atoms with van der Waals surface area (Å²) in [5, 5.41) is 11.1. The van der Waals surface area contributed by atoms with Crippen molar-refractivity contribution in [3.8, 4) is 0 Å². The van der Waals surface area contributed by atoms with Crippen molar-refractivity contribution in [3.05, 3.63) is 42.5 Å². The third-order valence-electron chi connectivity index (χ3n) is 3.22. The fourth-order valence-electron chi connectivity index (χ4n) is 2.29. The molecule has 2 aromatic carbocycles. The first-order chi connectivity index (χ1) is 9.27. The first-order valence-electron chi connectivity index (χ1n) is 6.67. The Morgan fingerprint density at radius 1 is 1.16 bits per heavy atom. The lowest BCUT2D eigenvalue weighted by molar-refractivity contribution is -0.118. The van der Waals surface area contributed by atoms with E-state index in [2.05, 4.69) is 0 Å². The lowest BCUT2D eigenvalue weighted by Gasteiger charge is -2.22. The highest BCUT2D eigenvalue weighted by molar-refractivity contribution is 6.03. The highest BCUT2D eigenvalue weighted by atomic mass is 16.3. The molecule has 0 bridgehead atoms. The molecule has 19 heavy (non-hydrogen) atoms. The Morgan fingerprint density at radius 2 is 1.89 bits per heavy atom. The fraction of sp³-hybridized carbons (Fsp3) is 0.312. The summed E-state index contributed by atoms with van der Waals surface area (Å²) in [6.07, 6.45) is 0.896. The van der Waals surface area contributed by atoms with Gasteiger partial charge in [0.05, 0.1) is 5.69 Å². The lowest BCUT2D eigenvalue weighted by Crippen LogP contribution is -2.30. The molecule has 0 aliphatic heterocycles. The van der Waals surface area contributed by atoms with Crippen LogP contribution in [0.4, 0.5) is 5.69 Å². The van der Waals surface area contributed by atoms with Crippen molar-refractivity contribution in [1.82, 2.24) is 0 Å². The molecule has 0 heterocycles. The molecule has 0 unspecified atom stereocenters. The van der Waals surface area contributed by atoms with Crippen LogP contribution in [0.25, 0.3) is 10.8 Å². The van der Waals surface area contributed by atoms with Gasteiger partial charge in [0, 0.05) is 25.0 Å². The number of hydrogen-bond acceptors (Lipinski definition) is 2. The van der Waals surface area contributed by atoms with Gasteiger partial charge in [0.1, 0.15) is 0 Å². The fourth-order valence-corrected chi connectivity index (χ4v) is 2.29. The standard InChI is InChI=1S/C16H19NO2/c1-2-17(16(19)11-6-12-18)15-10-5-8-13-7-3-4-9-14(13)15/h3-5,7-10,18H,2,6,11-12H2,1H3. The molecular formula is C16H19NO2. The summed E-state index contributed by atoms with van der Waals surface area (Å²) in [6, 6.07) is 14.1. The van der Waals surface area contributed by atoms with Crippen LogP contribution in [0.2, 0.25) is 0 Å². The van der Waals surface area contributed by atoms with Crippen LogP contribution in [0, 0.1) is 0 Å². The second kappa shape index (κ2) is 6.34. The summed E-state index contributed by atoms with van der Waals surface area (Å²) < 4.78 is 0. The maximum atomic E-state index is 12.2. The van der Waals surface area contributed by atoms with Gasteiger partial charge >= 0.3 is 0 Å². The Labute approximate surface area is 113 Å². The zero-order valence-electron chi connectivity index (χ0n) is 11.2. The van der Waals surface area contributed by atoms with Crippen LogP contribution in [-0.2, 0) is 4.79 Å². The van der Waals surface area contributed by atoms with Crippen molar-refractivity contribution in [2.24, 2.45) is 0 Å². The van der Waals surface area contributed by atoms with E-state index in [-0.39, 0.29) is 12.5 Å². The number of aliphatic hydroxyl groups is 1. The molecule has 0 aliphatic rings. The van der Waals surface area contributed by atoms with Gasteiger partial charge in [0.25, 0.3) is 0 Å². The van der Waals surface area contributed by atoms with Crippen LogP contribution >= 0.6 is 0 Å². The Morgan fingerprint density at radius 3 is 2.63 bits per heavy atom. The number of amides is 1. The summed E-state index contributed by atoms with van der Waals surface area (Å²) in [5.41, 5.74) is 0.948. The Kier molecular flexibility index (Phi) is 4.53. The van der Waals surface area contributed by atoms with Gasteiger partial charge in [0.2, 0.25) is 5.91 Å². The van der Waals surface area contributed by atoms with Gasteiger partial charge in [-0.15, -0.1) is 0 Å². The van der Waals surface area contributed by atoms with E-state index >= 15 is 0 Å². The quantitative estimate of drug-likeness (QED) is 0.894. The van der Waals surface area contributed by atoms with E-state index in [4.69, 9.17) is 5.11 Å². The number of rotatable bonds is 5. The van der Waals surface area contributed by atoms with Gasteiger partial charge in [-0.05, 0) is 24.8 Å². The lowest BCUT2D eigenvalue weighted by atomic mass is 10.1. The van der Waals surface area contributed by atoms with E-state index in [0.717, 1.165) is 16.5 Å². The molecular weight excluding hydrogens is 238 g/mol. The van der Waals surface area contributed by atoms with Crippen molar-refractivity contribution in [2.45, 2.75) is 19.8 Å². The highest BCUT2D eigenvalue weighted by Gasteiger charge is 2.15. The average Bonchev–Trinajstić information content (AvgIpc) is 2.46. The summed E-state index contributed by atoms with van der Waals surface area (Å²) >= 11 is 0. The van der Waals surface area contributed by atoms with Crippen LogP contribution in [0.3, 0.4) is 0 Å². The normalized spacial score (nSPS) is 10.6. The SMILES string of the molecule is CCN(C(=O)CCCO)c1cccc2ccccc12. The van der Waals surface area contributed by atoms with Crippen molar-refractivity contribution in [1.29, 1.82) is 0 Å². The van der Waals surface area contributed by atoms with Gasteiger partial charge in [-0.25, -0.2) is 0 Å². The second-order valence-corrected chi connectivity index (χ2v) is 4.46. The Bertz CT molecular complexity index is 560. The van der Waals surface area contributed by atoms with Gasteiger partial charge in [-0.2, -0.15) is 0 Å². The van der Waals surface area contributed by atoms with E-state index in [0.29, 0.717) is 19.4 Å². The van der Waals surface area contributed by atoms with Gasteiger partial charge in [-0.1, -0.05) is 36.4 Å². The van der Waals surface area contributed by atoms with Gasteiger partial charge in [-0.3, -0.25) is 4.79 Å². The molecule has 0 aliphatic carbocycles. The maximum absolute atomic E-state index is 12.2. The third-order valence-corrected chi connectivity index (χ3v) is 3.22. The number of aliphatic hydroxyl groups excluding tert-OH is 1. The highest BCUT2D eigenvalue weighted by Crippen LogP contribution is 2.27. The molecule has 1 N–H and O–H groups in total. The number of carbonyl (C=O) groups is 1. The topological polar surface area (TPSA) is 40.5 Å². The van der Waals surface area contributed by atoms with Crippen LogP contribution in [0.15, 0.2) is 42.5 Å². The number of anilines is 1. The van der Waals surface area contributed by atoms with Crippen molar-refractivity contribution in [3.63, 3.8) is 0 Å². The Hall–Kier alpha value is -1.87. The first-order valence-corrected chi connectivity index (χ1v) is 6.67. The van der Waals surface area contributed by atoms with Crippen molar-refractivity contribution >= 4 is 22.4 Å². The Balaban J connectivity index is 2.38. The number of carbonyl (C=O) groups excluding carboxylic acids is 1. The molecule has 2 rings (SSSR count). The molecule has 0 saturated heterocycles. The predicted molar refractivity (Wildman–Crippen MR) is 78.3 cm³/mol. The number of benzene rings is 2. The maximum Gasteiger partial charge on any atom is 0.227 e. The zero-order chi connectivity index (χ0) is 13.7. The van der Waals surface area contributed by atoms with Crippen LogP contribution < -0.4 is 4.90 Å². The molecule has 2 aromatic rings. The summed E-state index contributed by atoms with van der Waals surface area (Å²) in [7, 11) is 0. The largest absolute Gasteiger partial charge is 0.396 e. The third kappa shape index (κ3) is 2.93. The minimum Gasteiger partial charge on any atom is -0.396 e. The van der Waals surface area contributed by atoms with E-state index in [1.54, 1.807) is 4.90 Å². The minimum absolute atomic E-state index is 0.0544. The number of fused-ring (bicyclic) bond motifs is 1. The number of hydrogen-bond donors (Lipinski definition) is 1. The molecule has 100 valence electrons. The van der Waals surface area contributed by atoms with Gasteiger partial charge in [0.15, 0.2) is 0 Å². The molecule has 0 atom stereocenters. The summed E-state index contributed by atoms with van der Waals surface area (Å²) in [4.78, 5) is 14.0. The zero-order valence-corrected chi connectivity index (χ0v) is 11.2. The second-order valence-electron chi connectivity index (χ2n) is 4.46. The molecule has 0 aromatic heterocycles. The van der Waals surface area contributed by atoms with Crippen LogP contribution in [-0.4, -0.2) is 24.2 Å². The van der Waals surface area contributed by atoms with Crippen molar-refractivity contribution < 1.29 is 9.90 Å². The summed E-state index contributed by atoms with van der Waals surface area (Å²) in [5.74, 6) is 0.0629. The molecule has 3 heteroatoms. The number of nitrogens with zero attached hydrogens (tertiary/aromatic N) is 1. The molecule has 0 radical (unpaired) electrons. The van der Waals surface area contributed by atoms with Crippen LogP contribution in [0.5, 0.6) is 0 Å².